The number of benzene rings is 2. The highest BCUT2D eigenvalue weighted by molar-refractivity contribution is 14.1. The van der Waals surface area contributed by atoms with Gasteiger partial charge < -0.3 is 4.74 Å². The van der Waals surface area contributed by atoms with Crippen molar-refractivity contribution in [3.63, 3.8) is 0 Å². The van der Waals surface area contributed by atoms with E-state index in [4.69, 9.17) is 15.1 Å². The number of halogens is 1. The maximum absolute atomic E-state index is 12.6. The second kappa shape index (κ2) is 9.24. The van der Waals surface area contributed by atoms with E-state index in [1.165, 1.54) is 12.2 Å². The third-order valence-electron chi connectivity index (χ3n) is 3.05. The van der Waals surface area contributed by atoms with Gasteiger partial charge in [-0.1, -0.05) is 41.5 Å². The van der Waals surface area contributed by atoms with Crippen molar-refractivity contribution in [3.05, 3.63) is 68.1 Å². The summed E-state index contributed by atoms with van der Waals surface area (Å²) < 4.78 is 5.80. The van der Waals surface area contributed by atoms with Crippen LogP contribution in [0.25, 0.3) is 10.4 Å². The fraction of sp³-hybridized carbons (Fsp3) is 0.188. The van der Waals surface area contributed by atoms with Crippen molar-refractivity contribution in [1.82, 2.24) is 0 Å². The van der Waals surface area contributed by atoms with E-state index in [0.717, 1.165) is 9.13 Å². The number of anilines is 1. The first-order chi connectivity index (χ1) is 11.7. The monoisotopic (exact) mass is 438 g/mol. The molecule has 0 fully saturated rings. The molecule has 0 unspecified atom stereocenters. The minimum Gasteiger partial charge on any atom is -0.356 e. The number of amides is 1. The standard InChI is InChI=1S/C16H15IN4O3/c1-23-11-24-21(15-5-3-2-4-14(15)17)16(22)10-12-6-8-13(9-7-12)19-20-18/h2-9H,10-11H2,1H3. The summed E-state index contributed by atoms with van der Waals surface area (Å²) in [4.78, 5) is 20.8. The Balaban J connectivity index is 2.18. The summed E-state index contributed by atoms with van der Waals surface area (Å²) in [5, 5.41) is 4.75. The predicted octanol–water partition coefficient (Wildman–Crippen LogP) is 4.34. The maximum Gasteiger partial charge on any atom is 0.255 e. The van der Waals surface area contributed by atoms with Gasteiger partial charge in [-0.25, -0.2) is 4.84 Å². The molecule has 1 amide bonds. The van der Waals surface area contributed by atoms with Crippen molar-refractivity contribution < 1.29 is 14.4 Å². The number of hydrogen-bond acceptors (Lipinski definition) is 4. The summed E-state index contributed by atoms with van der Waals surface area (Å²) in [5.41, 5.74) is 10.4. The van der Waals surface area contributed by atoms with Crippen molar-refractivity contribution >= 4 is 39.9 Å². The molecule has 0 heterocycles. The second-order valence-electron chi connectivity index (χ2n) is 4.71. The number of carbonyl (C=O) groups excluding carboxylic acids is 1. The molecule has 0 aliphatic carbocycles. The minimum absolute atomic E-state index is 0.0352. The van der Waals surface area contributed by atoms with E-state index < -0.39 is 0 Å². The molecule has 2 aromatic rings. The van der Waals surface area contributed by atoms with Crippen LogP contribution in [-0.4, -0.2) is 19.8 Å². The molecule has 124 valence electrons. The molecule has 2 rings (SSSR count). The number of rotatable bonds is 7. The first-order valence-corrected chi connectivity index (χ1v) is 8.07. The molecule has 2 aromatic carbocycles. The molecule has 24 heavy (non-hydrogen) atoms. The van der Waals surface area contributed by atoms with Crippen molar-refractivity contribution in [2.45, 2.75) is 6.42 Å². The zero-order valence-corrected chi connectivity index (χ0v) is 15.1. The largest absolute Gasteiger partial charge is 0.356 e. The lowest BCUT2D eigenvalue weighted by atomic mass is 10.1. The van der Waals surface area contributed by atoms with E-state index in [1.54, 1.807) is 30.3 Å². The third-order valence-corrected chi connectivity index (χ3v) is 3.96. The van der Waals surface area contributed by atoms with Gasteiger partial charge in [0.1, 0.15) is 0 Å². The van der Waals surface area contributed by atoms with Gasteiger partial charge in [0.25, 0.3) is 5.91 Å². The maximum atomic E-state index is 12.6. The van der Waals surface area contributed by atoms with E-state index in [0.29, 0.717) is 11.4 Å². The molecule has 0 aliphatic rings. The normalized spacial score (nSPS) is 10.1. The number of methoxy groups -OCH3 is 1. The summed E-state index contributed by atoms with van der Waals surface area (Å²) in [7, 11) is 1.49. The van der Waals surface area contributed by atoms with Crippen LogP contribution in [0.5, 0.6) is 0 Å². The summed E-state index contributed by atoms with van der Waals surface area (Å²) in [5.74, 6) is -0.229. The second-order valence-corrected chi connectivity index (χ2v) is 5.87. The van der Waals surface area contributed by atoms with Crippen LogP contribution in [0.1, 0.15) is 5.56 Å². The molecule has 7 nitrogen and oxygen atoms in total. The molecule has 8 heteroatoms. The number of nitrogens with zero attached hydrogens (tertiary/aromatic N) is 4. The highest BCUT2D eigenvalue weighted by atomic mass is 127. The molecule has 0 saturated carbocycles. The average Bonchev–Trinajstić information content (AvgIpc) is 2.59. The predicted molar refractivity (Wildman–Crippen MR) is 98.6 cm³/mol. The first kappa shape index (κ1) is 18.2. The van der Waals surface area contributed by atoms with Crippen LogP contribution in [0.4, 0.5) is 11.4 Å². The Morgan fingerprint density at radius 2 is 1.96 bits per heavy atom. The molecule has 0 saturated heterocycles. The van der Waals surface area contributed by atoms with E-state index >= 15 is 0 Å². The third kappa shape index (κ3) is 4.93. The molecule has 0 bridgehead atoms. The first-order valence-electron chi connectivity index (χ1n) is 6.99. The van der Waals surface area contributed by atoms with Gasteiger partial charge >= 0.3 is 0 Å². The van der Waals surface area contributed by atoms with Crippen molar-refractivity contribution in [3.8, 4) is 0 Å². The van der Waals surface area contributed by atoms with Crippen LogP contribution in [0.2, 0.25) is 0 Å². The van der Waals surface area contributed by atoms with Gasteiger partial charge in [-0.15, -0.1) is 0 Å². The Morgan fingerprint density at radius 3 is 2.58 bits per heavy atom. The lowest BCUT2D eigenvalue weighted by molar-refractivity contribution is -0.131. The van der Waals surface area contributed by atoms with Gasteiger partial charge in [-0.05, 0) is 45.8 Å². The van der Waals surface area contributed by atoms with Gasteiger partial charge in [0.2, 0.25) is 0 Å². The molecular formula is C16H15IN4O3. The average molecular weight is 438 g/mol. The van der Waals surface area contributed by atoms with Gasteiger partial charge in [-0.3, -0.25) is 4.79 Å². The van der Waals surface area contributed by atoms with Gasteiger partial charge in [0.15, 0.2) is 6.79 Å². The zero-order valence-electron chi connectivity index (χ0n) is 12.9. The number of ether oxygens (including phenoxy) is 1. The SMILES string of the molecule is COCON(C(=O)Cc1ccc(N=[N+]=[N-])cc1)c1ccccc1I. The highest BCUT2D eigenvalue weighted by Crippen LogP contribution is 2.23. The number of carbonyl (C=O) groups is 1. The smallest absolute Gasteiger partial charge is 0.255 e. The summed E-state index contributed by atoms with van der Waals surface area (Å²) >= 11 is 2.14. The van der Waals surface area contributed by atoms with E-state index in [2.05, 4.69) is 32.6 Å². The fourth-order valence-corrected chi connectivity index (χ4v) is 2.58. The quantitative estimate of drug-likeness (QED) is 0.161. The Bertz CT molecular complexity index is 745. The number of azide groups is 1. The Hall–Kier alpha value is -2.13. The minimum atomic E-state index is -0.229. The van der Waals surface area contributed by atoms with Crippen LogP contribution in [-0.2, 0) is 20.8 Å². The molecule has 0 atom stereocenters. The van der Waals surface area contributed by atoms with Crippen molar-refractivity contribution in [1.29, 1.82) is 0 Å². The van der Waals surface area contributed by atoms with Crippen LogP contribution >= 0.6 is 22.6 Å². The molecule has 0 aromatic heterocycles. The van der Waals surface area contributed by atoms with Gasteiger partial charge in [0.05, 0.1) is 12.1 Å². The zero-order chi connectivity index (χ0) is 17.4. The Morgan fingerprint density at radius 1 is 1.25 bits per heavy atom. The summed E-state index contributed by atoms with van der Waals surface area (Å²) in [6, 6.07) is 14.2. The summed E-state index contributed by atoms with van der Waals surface area (Å²) in [6.07, 6.45) is 0.144. The molecule has 0 spiro atoms. The van der Waals surface area contributed by atoms with Crippen molar-refractivity contribution in [2.75, 3.05) is 19.0 Å². The van der Waals surface area contributed by atoms with Crippen molar-refractivity contribution in [2.24, 2.45) is 5.11 Å². The van der Waals surface area contributed by atoms with E-state index in [1.807, 2.05) is 18.2 Å². The Labute approximate surface area is 152 Å². The lowest BCUT2D eigenvalue weighted by Crippen LogP contribution is -2.33. The van der Waals surface area contributed by atoms with Crippen LogP contribution in [0, 0.1) is 3.57 Å². The molecule has 0 radical (unpaired) electrons. The Kier molecular flexibility index (Phi) is 7.01. The van der Waals surface area contributed by atoms with E-state index in [-0.39, 0.29) is 19.1 Å². The van der Waals surface area contributed by atoms with E-state index in [9.17, 15) is 4.79 Å². The van der Waals surface area contributed by atoms with Crippen LogP contribution in [0.3, 0.4) is 0 Å². The molecule has 0 N–H and O–H groups in total. The lowest BCUT2D eigenvalue weighted by Gasteiger charge is -2.22. The molecule has 0 aliphatic heterocycles. The fourth-order valence-electron chi connectivity index (χ4n) is 1.98. The number of para-hydroxylation sites is 1. The van der Waals surface area contributed by atoms with Crippen LogP contribution < -0.4 is 5.06 Å². The summed E-state index contributed by atoms with van der Waals surface area (Å²) in [6.45, 7) is -0.0352. The number of hydroxylamine groups is 1. The number of hydrogen-bond donors (Lipinski definition) is 0. The van der Waals surface area contributed by atoms with Gasteiger partial charge in [0, 0.05) is 21.3 Å². The molecular weight excluding hydrogens is 423 g/mol. The highest BCUT2D eigenvalue weighted by Gasteiger charge is 2.19. The topological polar surface area (TPSA) is 87.5 Å². The van der Waals surface area contributed by atoms with Gasteiger partial charge in [-0.2, -0.15) is 5.06 Å². The van der Waals surface area contributed by atoms with Crippen LogP contribution in [0.15, 0.2) is 53.6 Å².